The van der Waals surface area contributed by atoms with Crippen molar-refractivity contribution >= 4 is 38.6 Å². The van der Waals surface area contributed by atoms with Crippen LogP contribution in [-0.4, -0.2) is 4.98 Å². The zero-order valence-electron chi connectivity index (χ0n) is 25.1. The van der Waals surface area contributed by atoms with Crippen molar-refractivity contribution in [1.82, 2.24) is 4.98 Å². The molecule has 1 heterocycles. The largest absolute Gasteiger partial charge is 0.310 e. The van der Waals surface area contributed by atoms with Gasteiger partial charge in [-0.05, 0) is 81.9 Å². The predicted octanol–water partition coefficient (Wildman–Crippen LogP) is 12.4. The Bertz CT molecular complexity index is 2220. The molecule has 3 heteroatoms. The molecule has 0 aliphatic heterocycles. The van der Waals surface area contributed by atoms with Crippen LogP contribution in [0.25, 0.3) is 54.2 Å². The van der Waals surface area contributed by atoms with Crippen LogP contribution in [0, 0.1) is 0 Å². The zero-order valence-corrected chi connectivity index (χ0v) is 25.9. The molecular formula is C43H30N2S. The number of para-hydroxylation sites is 2. The average molecular weight is 607 g/mol. The topological polar surface area (TPSA) is 16.1 Å². The summed E-state index contributed by atoms with van der Waals surface area (Å²) in [5, 5.41) is 1.03. The number of benzene rings is 7. The molecule has 0 aliphatic carbocycles. The number of thiazole rings is 1. The molecule has 8 aromatic rings. The Balaban J connectivity index is 1.28. The fourth-order valence-corrected chi connectivity index (χ4v) is 7.15. The van der Waals surface area contributed by atoms with Gasteiger partial charge in [-0.3, -0.25) is 0 Å². The number of aromatic nitrogens is 1. The van der Waals surface area contributed by atoms with Crippen molar-refractivity contribution in [2.24, 2.45) is 0 Å². The molecule has 0 bridgehead atoms. The second kappa shape index (κ2) is 12.3. The lowest BCUT2D eigenvalue weighted by atomic mass is 9.93. The van der Waals surface area contributed by atoms with Crippen molar-refractivity contribution in [3.63, 3.8) is 0 Å². The molecule has 0 saturated heterocycles. The molecule has 1 aromatic heterocycles. The predicted molar refractivity (Wildman–Crippen MR) is 196 cm³/mol. The molecule has 2 nitrogen and oxygen atoms in total. The molecule has 0 saturated carbocycles. The highest BCUT2D eigenvalue weighted by atomic mass is 32.1. The van der Waals surface area contributed by atoms with E-state index in [0.717, 1.165) is 38.7 Å². The number of fused-ring (bicyclic) bond motifs is 1. The highest BCUT2D eigenvalue weighted by molar-refractivity contribution is 7.21. The first-order chi connectivity index (χ1) is 22.8. The maximum absolute atomic E-state index is 5.00. The molecule has 7 aromatic carbocycles. The van der Waals surface area contributed by atoms with Gasteiger partial charge in [0.05, 0.1) is 10.2 Å². The molecule has 218 valence electrons. The molecule has 0 spiro atoms. The van der Waals surface area contributed by atoms with Crippen molar-refractivity contribution in [3.8, 4) is 44.0 Å². The summed E-state index contributed by atoms with van der Waals surface area (Å²) < 4.78 is 1.20. The second-order valence-corrected chi connectivity index (χ2v) is 12.2. The number of hydrogen-bond donors (Lipinski definition) is 0. The van der Waals surface area contributed by atoms with Crippen LogP contribution in [0.3, 0.4) is 0 Å². The van der Waals surface area contributed by atoms with E-state index in [1.165, 1.54) is 32.5 Å². The molecular weight excluding hydrogens is 577 g/mol. The molecule has 8 rings (SSSR count). The summed E-state index contributed by atoms with van der Waals surface area (Å²) in [5.74, 6) is 0. The van der Waals surface area contributed by atoms with E-state index >= 15 is 0 Å². The van der Waals surface area contributed by atoms with Crippen molar-refractivity contribution in [3.05, 3.63) is 182 Å². The van der Waals surface area contributed by atoms with Gasteiger partial charge < -0.3 is 4.90 Å². The van der Waals surface area contributed by atoms with E-state index in [1.807, 2.05) is 0 Å². The van der Waals surface area contributed by atoms with Crippen LogP contribution in [-0.2, 0) is 0 Å². The average Bonchev–Trinajstić information content (AvgIpc) is 3.58. The third-order valence-corrected chi connectivity index (χ3v) is 9.38. The Labute approximate surface area is 273 Å². The Morgan fingerprint density at radius 2 is 0.913 bits per heavy atom. The maximum atomic E-state index is 5.00. The van der Waals surface area contributed by atoms with Crippen LogP contribution < -0.4 is 4.90 Å². The highest BCUT2D eigenvalue weighted by Crippen LogP contribution is 2.43. The van der Waals surface area contributed by atoms with E-state index in [2.05, 4.69) is 187 Å². The third-order valence-electron chi connectivity index (χ3n) is 8.31. The lowest BCUT2D eigenvalue weighted by molar-refractivity contribution is 1.28. The fourth-order valence-electron chi connectivity index (χ4n) is 6.14. The van der Waals surface area contributed by atoms with Gasteiger partial charge in [-0.15, -0.1) is 11.3 Å². The number of nitrogens with zero attached hydrogens (tertiary/aromatic N) is 2. The van der Waals surface area contributed by atoms with E-state index in [0.29, 0.717) is 0 Å². The molecule has 0 atom stereocenters. The normalized spacial score (nSPS) is 11.0. The molecule has 0 aliphatic rings. The first-order valence-electron chi connectivity index (χ1n) is 15.5. The summed E-state index contributed by atoms with van der Waals surface area (Å²) in [6.07, 6.45) is 0. The van der Waals surface area contributed by atoms with Crippen LogP contribution in [0.4, 0.5) is 17.1 Å². The van der Waals surface area contributed by atoms with Gasteiger partial charge in [0.1, 0.15) is 5.01 Å². The lowest BCUT2D eigenvalue weighted by Crippen LogP contribution is -2.10. The molecule has 0 N–H and O–H groups in total. The highest BCUT2D eigenvalue weighted by Gasteiger charge is 2.18. The third kappa shape index (κ3) is 5.38. The van der Waals surface area contributed by atoms with Crippen molar-refractivity contribution in [1.29, 1.82) is 0 Å². The van der Waals surface area contributed by atoms with Gasteiger partial charge in [0.2, 0.25) is 0 Å². The summed E-state index contributed by atoms with van der Waals surface area (Å²) in [4.78, 5) is 7.35. The minimum absolute atomic E-state index is 1.03. The summed E-state index contributed by atoms with van der Waals surface area (Å²) in [5.41, 5.74) is 12.6. The van der Waals surface area contributed by atoms with Crippen LogP contribution in [0.5, 0.6) is 0 Å². The van der Waals surface area contributed by atoms with Crippen molar-refractivity contribution < 1.29 is 0 Å². The van der Waals surface area contributed by atoms with Gasteiger partial charge in [-0.2, -0.15) is 0 Å². The summed E-state index contributed by atoms with van der Waals surface area (Å²) in [6, 6.07) is 64.6. The first kappa shape index (κ1) is 27.8. The smallest absolute Gasteiger partial charge is 0.125 e. The van der Waals surface area contributed by atoms with E-state index in [4.69, 9.17) is 4.98 Å². The lowest BCUT2D eigenvalue weighted by Gasteiger charge is -2.27. The number of anilines is 3. The van der Waals surface area contributed by atoms with Crippen LogP contribution in [0.1, 0.15) is 0 Å². The Morgan fingerprint density at radius 1 is 0.370 bits per heavy atom. The standard InChI is InChI=1S/C43H30N2S/c1-4-15-31(16-5-1)38-28-27-36(30-40(38)32-17-6-2-7-18-32)45(34-20-8-3-9-21-34)35-22-14-19-33(29-35)37-23-10-11-24-39(37)43-44-41-25-12-13-26-42(41)46-43/h1-30H. The monoisotopic (exact) mass is 606 g/mol. The SMILES string of the molecule is c1ccc(-c2ccc(N(c3ccccc3)c3cccc(-c4ccccc4-c4nc5ccccc5s4)c3)cc2-c2ccccc2)cc1. The minimum atomic E-state index is 1.03. The second-order valence-electron chi connectivity index (χ2n) is 11.2. The zero-order chi connectivity index (χ0) is 30.7. The van der Waals surface area contributed by atoms with E-state index in [1.54, 1.807) is 11.3 Å². The summed E-state index contributed by atoms with van der Waals surface area (Å²) in [6.45, 7) is 0. The van der Waals surface area contributed by atoms with Gasteiger partial charge in [-0.1, -0.05) is 133 Å². The van der Waals surface area contributed by atoms with Gasteiger partial charge in [-0.25, -0.2) is 4.98 Å². The molecule has 0 fully saturated rings. The van der Waals surface area contributed by atoms with Crippen LogP contribution >= 0.6 is 11.3 Å². The van der Waals surface area contributed by atoms with E-state index in [9.17, 15) is 0 Å². The van der Waals surface area contributed by atoms with E-state index < -0.39 is 0 Å². The Morgan fingerprint density at radius 3 is 1.65 bits per heavy atom. The van der Waals surface area contributed by atoms with Crippen molar-refractivity contribution in [2.75, 3.05) is 4.90 Å². The molecule has 0 unspecified atom stereocenters. The summed E-state index contributed by atoms with van der Waals surface area (Å²) in [7, 11) is 0. The number of hydrogen-bond acceptors (Lipinski definition) is 3. The number of rotatable bonds is 7. The molecule has 0 amide bonds. The van der Waals surface area contributed by atoms with Crippen LogP contribution in [0.2, 0.25) is 0 Å². The fraction of sp³-hybridized carbons (Fsp3) is 0. The minimum Gasteiger partial charge on any atom is -0.310 e. The molecule has 0 radical (unpaired) electrons. The van der Waals surface area contributed by atoms with Gasteiger partial charge in [0.25, 0.3) is 0 Å². The Hall–Kier alpha value is -5.77. The van der Waals surface area contributed by atoms with Crippen LogP contribution in [0.15, 0.2) is 182 Å². The van der Waals surface area contributed by atoms with E-state index in [-0.39, 0.29) is 0 Å². The van der Waals surface area contributed by atoms with Gasteiger partial charge in [0, 0.05) is 22.6 Å². The molecule has 46 heavy (non-hydrogen) atoms. The quantitative estimate of drug-likeness (QED) is 0.179. The maximum Gasteiger partial charge on any atom is 0.125 e. The van der Waals surface area contributed by atoms with Crippen molar-refractivity contribution in [2.45, 2.75) is 0 Å². The van der Waals surface area contributed by atoms with Gasteiger partial charge in [0.15, 0.2) is 0 Å². The van der Waals surface area contributed by atoms with Gasteiger partial charge >= 0.3 is 0 Å². The summed E-state index contributed by atoms with van der Waals surface area (Å²) >= 11 is 1.74. The first-order valence-corrected chi connectivity index (χ1v) is 16.3. The Kier molecular flexibility index (Phi) is 7.43.